The number of carbonyl (C=O) groups is 1. The fourth-order valence-corrected chi connectivity index (χ4v) is 3.06. The Morgan fingerprint density at radius 1 is 1.12 bits per heavy atom. The number of aromatic nitrogens is 2. The fraction of sp³-hybridized carbons (Fsp3) is 0.150. The zero-order valence-corrected chi connectivity index (χ0v) is 14.0. The van der Waals surface area contributed by atoms with Crippen LogP contribution in [0.1, 0.15) is 17.2 Å². The lowest BCUT2D eigenvalue weighted by atomic mass is 10.1. The summed E-state index contributed by atoms with van der Waals surface area (Å²) in [5.41, 5.74) is 4.50. The first kappa shape index (κ1) is 16.2. The second-order valence-electron chi connectivity index (χ2n) is 6.21. The summed E-state index contributed by atoms with van der Waals surface area (Å²) in [7, 11) is 0. The topological polar surface area (TPSA) is 87.1 Å². The summed E-state index contributed by atoms with van der Waals surface area (Å²) in [5, 5.41) is 15.8. The number of benzene rings is 1. The van der Waals surface area contributed by atoms with Gasteiger partial charge in [0.2, 0.25) is 5.91 Å². The van der Waals surface area contributed by atoms with Gasteiger partial charge in [-0.15, -0.1) is 0 Å². The molecule has 0 aliphatic carbocycles. The molecule has 3 heterocycles. The molecule has 0 unspecified atom stereocenters. The summed E-state index contributed by atoms with van der Waals surface area (Å²) in [6.07, 6.45) is 5.56. The highest BCUT2D eigenvalue weighted by molar-refractivity contribution is 5.98. The molecule has 6 nitrogen and oxygen atoms in total. The number of aliphatic hydroxyl groups is 1. The summed E-state index contributed by atoms with van der Waals surface area (Å²) >= 11 is 0. The molecule has 130 valence electrons. The zero-order valence-electron chi connectivity index (χ0n) is 14.0. The Morgan fingerprint density at radius 2 is 1.92 bits per heavy atom. The molecule has 2 aromatic heterocycles. The van der Waals surface area contributed by atoms with Gasteiger partial charge in [0.05, 0.1) is 24.8 Å². The van der Waals surface area contributed by atoms with Crippen molar-refractivity contribution in [1.29, 1.82) is 0 Å². The van der Waals surface area contributed by atoms with Crippen molar-refractivity contribution in [2.75, 3.05) is 17.2 Å². The second-order valence-corrected chi connectivity index (χ2v) is 6.21. The van der Waals surface area contributed by atoms with Gasteiger partial charge in [0.25, 0.3) is 0 Å². The van der Waals surface area contributed by atoms with Crippen LogP contribution in [0.2, 0.25) is 0 Å². The number of rotatable bonds is 5. The summed E-state index contributed by atoms with van der Waals surface area (Å²) in [5.74, 6) is 0.595. The van der Waals surface area contributed by atoms with E-state index in [1.165, 1.54) is 0 Å². The number of fused-ring (bicyclic) bond motifs is 1. The lowest BCUT2D eigenvalue weighted by Gasteiger charge is -2.18. The van der Waals surface area contributed by atoms with Crippen LogP contribution in [0.5, 0.6) is 0 Å². The number of anilines is 2. The van der Waals surface area contributed by atoms with Crippen molar-refractivity contribution < 1.29 is 9.90 Å². The lowest BCUT2D eigenvalue weighted by Crippen LogP contribution is -2.14. The molecule has 1 aliphatic rings. The van der Waals surface area contributed by atoms with E-state index in [9.17, 15) is 9.90 Å². The molecule has 1 aromatic carbocycles. The predicted molar refractivity (Wildman–Crippen MR) is 99.7 cm³/mol. The minimum Gasteiger partial charge on any atom is -0.394 e. The highest BCUT2D eigenvalue weighted by Gasteiger charge is 2.19. The molecule has 4 rings (SSSR count). The number of nitrogens with one attached hydrogen (secondary N) is 2. The number of aliphatic hydroxyl groups excluding tert-OH is 1. The van der Waals surface area contributed by atoms with Crippen molar-refractivity contribution >= 4 is 17.4 Å². The van der Waals surface area contributed by atoms with Crippen molar-refractivity contribution in [3.05, 3.63) is 72.2 Å². The van der Waals surface area contributed by atoms with E-state index in [1.54, 1.807) is 18.6 Å². The van der Waals surface area contributed by atoms with Gasteiger partial charge in [-0.1, -0.05) is 30.3 Å². The normalized spacial score (nSPS) is 13.8. The van der Waals surface area contributed by atoms with Crippen LogP contribution >= 0.6 is 0 Å². The third-order valence-corrected chi connectivity index (χ3v) is 4.37. The number of hydrogen-bond donors (Lipinski definition) is 3. The van der Waals surface area contributed by atoms with Gasteiger partial charge in [-0.25, -0.2) is 4.98 Å². The van der Waals surface area contributed by atoms with Crippen molar-refractivity contribution in [2.45, 2.75) is 12.5 Å². The number of pyridine rings is 2. The van der Waals surface area contributed by atoms with Crippen LogP contribution in [0.3, 0.4) is 0 Å². The van der Waals surface area contributed by atoms with Gasteiger partial charge in [-0.3, -0.25) is 9.78 Å². The number of nitrogens with zero attached hydrogens (tertiary/aromatic N) is 2. The molecule has 0 saturated heterocycles. The van der Waals surface area contributed by atoms with Gasteiger partial charge >= 0.3 is 0 Å². The molecule has 0 radical (unpaired) electrons. The highest BCUT2D eigenvalue weighted by atomic mass is 16.3. The van der Waals surface area contributed by atoms with Crippen molar-refractivity contribution in [2.24, 2.45) is 0 Å². The Morgan fingerprint density at radius 3 is 2.73 bits per heavy atom. The van der Waals surface area contributed by atoms with E-state index in [2.05, 4.69) is 20.6 Å². The predicted octanol–water partition coefficient (Wildman–Crippen LogP) is 2.78. The first-order valence-electron chi connectivity index (χ1n) is 8.39. The first-order valence-corrected chi connectivity index (χ1v) is 8.39. The molecule has 6 heteroatoms. The van der Waals surface area contributed by atoms with Gasteiger partial charge in [0.15, 0.2) is 0 Å². The van der Waals surface area contributed by atoms with Crippen molar-refractivity contribution in [3.8, 4) is 11.1 Å². The Balaban J connectivity index is 1.59. The van der Waals surface area contributed by atoms with Gasteiger partial charge in [0, 0.05) is 35.3 Å². The highest BCUT2D eigenvalue weighted by Crippen LogP contribution is 2.28. The molecule has 1 amide bonds. The van der Waals surface area contributed by atoms with Crippen LogP contribution in [0.25, 0.3) is 11.1 Å². The molecule has 3 N–H and O–H groups in total. The summed E-state index contributed by atoms with van der Waals surface area (Å²) in [6, 6.07) is 13.5. The fourth-order valence-electron chi connectivity index (χ4n) is 3.06. The van der Waals surface area contributed by atoms with Gasteiger partial charge < -0.3 is 15.7 Å². The molecule has 0 fully saturated rings. The first-order chi connectivity index (χ1) is 12.7. The second kappa shape index (κ2) is 6.93. The SMILES string of the molecule is O=C1Cc2cc(-c3cncc(N[C@@H](CO)c4ccccc4)c3)cnc2N1. The number of carbonyl (C=O) groups excluding carboxylic acids is 1. The van der Waals surface area contributed by atoms with E-state index >= 15 is 0 Å². The van der Waals surface area contributed by atoms with Crippen LogP contribution in [0, 0.1) is 0 Å². The largest absolute Gasteiger partial charge is 0.394 e. The Hall–Kier alpha value is -3.25. The standard InChI is InChI=1S/C20H18N4O2/c25-12-18(13-4-2-1-3-5-13)23-17-7-16(9-21-11-17)15-6-14-8-19(26)24-20(14)22-10-15/h1-7,9-11,18,23,25H,8,12H2,(H,22,24,26)/t18-/m0/s1. The maximum Gasteiger partial charge on any atom is 0.230 e. The molecular formula is C20H18N4O2. The summed E-state index contributed by atoms with van der Waals surface area (Å²) < 4.78 is 0. The molecule has 0 saturated carbocycles. The van der Waals surface area contributed by atoms with Crippen LogP contribution in [0.15, 0.2) is 61.1 Å². The zero-order chi connectivity index (χ0) is 17.9. The maximum atomic E-state index is 11.5. The van der Waals surface area contributed by atoms with Crippen LogP contribution < -0.4 is 10.6 Å². The molecule has 1 atom stereocenters. The summed E-state index contributed by atoms with van der Waals surface area (Å²) in [6.45, 7) is -0.0254. The Labute approximate surface area is 150 Å². The number of amides is 1. The molecular weight excluding hydrogens is 328 g/mol. The molecule has 0 spiro atoms. The Kier molecular flexibility index (Phi) is 4.33. The lowest BCUT2D eigenvalue weighted by molar-refractivity contribution is -0.115. The van der Waals surface area contributed by atoms with E-state index in [1.807, 2.05) is 42.5 Å². The van der Waals surface area contributed by atoms with Crippen LogP contribution in [0.4, 0.5) is 11.5 Å². The average Bonchev–Trinajstić information content (AvgIpc) is 3.06. The van der Waals surface area contributed by atoms with Crippen molar-refractivity contribution in [3.63, 3.8) is 0 Å². The molecule has 3 aromatic rings. The smallest absolute Gasteiger partial charge is 0.230 e. The van der Waals surface area contributed by atoms with E-state index in [4.69, 9.17) is 0 Å². The molecule has 26 heavy (non-hydrogen) atoms. The van der Waals surface area contributed by atoms with Gasteiger partial charge in [0.1, 0.15) is 5.82 Å². The average molecular weight is 346 g/mol. The quantitative estimate of drug-likeness (QED) is 0.661. The van der Waals surface area contributed by atoms with Gasteiger partial charge in [-0.05, 0) is 17.7 Å². The minimum absolute atomic E-state index is 0.0254. The minimum atomic E-state index is -0.215. The third kappa shape index (κ3) is 3.27. The van der Waals surface area contributed by atoms with E-state index in [-0.39, 0.29) is 18.6 Å². The molecule has 1 aliphatic heterocycles. The third-order valence-electron chi connectivity index (χ3n) is 4.37. The van der Waals surface area contributed by atoms with Crippen LogP contribution in [-0.4, -0.2) is 27.6 Å². The monoisotopic (exact) mass is 346 g/mol. The van der Waals surface area contributed by atoms with Crippen molar-refractivity contribution in [1.82, 2.24) is 9.97 Å². The van der Waals surface area contributed by atoms with Gasteiger partial charge in [-0.2, -0.15) is 0 Å². The summed E-state index contributed by atoms with van der Waals surface area (Å²) in [4.78, 5) is 20.1. The molecule has 0 bridgehead atoms. The number of hydrogen-bond acceptors (Lipinski definition) is 5. The van der Waals surface area contributed by atoms with E-state index < -0.39 is 0 Å². The van der Waals surface area contributed by atoms with E-state index in [0.717, 1.165) is 27.9 Å². The van der Waals surface area contributed by atoms with E-state index in [0.29, 0.717) is 12.2 Å². The Bertz CT molecular complexity index is 944. The maximum absolute atomic E-state index is 11.5. The van der Waals surface area contributed by atoms with Crippen LogP contribution in [-0.2, 0) is 11.2 Å².